The van der Waals surface area contributed by atoms with Crippen LogP contribution in [0.1, 0.15) is 45.2 Å². The molecule has 3 fully saturated rings. The van der Waals surface area contributed by atoms with Crippen LogP contribution in [0.3, 0.4) is 0 Å². The molecule has 37 heavy (non-hydrogen) atoms. The van der Waals surface area contributed by atoms with Gasteiger partial charge in [-0.2, -0.15) is 0 Å². The van der Waals surface area contributed by atoms with Gasteiger partial charge in [-0.3, -0.25) is 9.78 Å². The lowest BCUT2D eigenvalue weighted by Gasteiger charge is -2.50. The molecule has 2 aliphatic carbocycles. The number of hydrogen-bond acceptors (Lipinski definition) is 6. The number of hydrogen-bond donors (Lipinski definition) is 2. The third-order valence-corrected chi connectivity index (χ3v) is 8.35. The van der Waals surface area contributed by atoms with Crippen molar-refractivity contribution in [2.75, 3.05) is 6.61 Å². The number of carbonyl (C=O) groups is 2. The molecule has 0 radical (unpaired) electrons. The fourth-order valence-corrected chi connectivity index (χ4v) is 6.80. The SMILES string of the molecule is CCOC(=O)NC1CC[C@@H]2[C@@H](C1)C[C@@]1(N)C(=O)O[C@H](C)[C@H]1[C@H]2C=Cc1ccc(-c2cccc(F)c2)cn1. The average molecular weight is 508 g/mol. The number of benzene rings is 1. The minimum Gasteiger partial charge on any atom is -0.461 e. The van der Waals surface area contributed by atoms with Crippen LogP contribution in [0.15, 0.2) is 48.7 Å². The fourth-order valence-electron chi connectivity index (χ4n) is 6.80. The Labute approximate surface area is 216 Å². The second kappa shape index (κ2) is 10.2. The number of aromatic nitrogens is 1. The highest BCUT2D eigenvalue weighted by Crippen LogP contribution is 2.54. The summed E-state index contributed by atoms with van der Waals surface area (Å²) in [5.74, 6) is -0.204. The van der Waals surface area contributed by atoms with E-state index in [0.717, 1.165) is 36.1 Å². The van der Waals surface area contributed by atoms with Crippen molar-refractivity contribution in [1.82, 2.24) is 10.3 Å². The van der Waals surface area contributed by atoms with E-state index < -0.39 is 11.6 Å². The van der Waals surface area contributed by atoms with Crippen LogP contribution in [0.5, 0.6) is 0 Å². The molecule has 5 rings (SSSR count). The summed E-state index contributed by atoms with van der Waals surface area (Å²) in [4.78, 5) is 29.4. The van der Waals surface area contributed by atoms with Gasteiger partial charge in [0.25, 0.3) is 0 Å². The average Bonchev–Trinajstić information content (AvgIpc) is 3.09. The van der Waals surface area contributed by atoms with E-state index in [0.29, 0.717) is 18.9 Å². The highest BCUT2D eigenvalue weighted by Gasteiger charge is 2.62. The van der Waals surface area contributed by atoms with Crippen LogP contribution in [0, 0.1) is 29.5 Å². The van der Waals surface area contributed by atoms with Crippen LogP contribution in [0.2, 0.25) is 0 Å². The summed E-state index contributed by atoms with van der Waals surface area (Å²) in [6.45, 7) is 4.04. The summed E-state index contributed by atoms with van der Waals surface area (Å²) in [5.41, 5.74) is 8.13. The number of carbonyl (C=O) groups excluding carboxylic acids is 2. The van der Waals surface area contributed by atoms with Gasteiger partial charge < -0.3 is 20.5 Å². The number of halogens is 1. The monoisotopic (exact) mass is 507 g/mol. The second-order valence-electron chi connectivity index (χ2n) is 10.6. The van der Waals surface area contributed by atoms with Crippen molar-refractivity contribution in [3.63, 3.8) is 0 Å². The quantitative estimate of drug-likeness (QED) is 0.568. The first-order chi connectivity index (χ1) is 17.8. The van der Waals surface area contributed by atoms with Crippen molar-refractivity contribution in [3.05, 3.63) is 60.2 Å². The lowest BCUT2D eigenvalue weighted by atomic mass is 9.54. The summed E-state index contributed by atoms with van der Waals surface area (Å²) in [6, 6.07) is 10.3. The number of nitrogens with two attached hydrogens (primary N) is 1. The number of ether oxygens (including phenoxy) is 2. The van der Waals surface area contributed by atoms with E-state index in [9.17, 15) is 14.0 Å². The molecule has 3 N–H and O–H groups in total. The largest absolute Gasteiger partial charge is 0.461 e. The zero-order valence-electron chi connectivity index (χ0n) is 21.2. The second-order valence-corrected chi connectivity index (χ2v) is 10.6. The molecule has 2 saturated carbocycles. The molecule has 1 aliphatic heterocycles. The van der Waals surface area contributed by atoms with E-state index in [1.165, 1.54) is 12.1 Å². The Bertz CT molecular complexity index is 1190. The predicted octanol–water partition coefficient (Wildman–Crippen LogP) is 4.71. The Balaban J connectivity index is 1.37. The van der Waals surface area contributed by atoms with Crippen LogP contribution in [0.4, 0.5) is 9.18 Å². The molecular formula is C29H34FN3O4. The molecule has 2 heterocycles. The third kappa shape index (κ3) is 4.99. The van der Waals surface area contributed by atoms with Crippen molar-refractivity contribution >= 4 is 18.1 Å². The smallest absolute Gasteiger partial charge is 0.407 e. The molecule has 1 unspecified atom stereocenters. The van der Waals surface area contributed by atoms with Crippen LogP contribution in [-0.4, -0.2) is 41.3 Å². The van der Waals surface area contributed by atoms with Crippen LogP contribution >= 0.6 is 0 Å². The number of amides is 1. The molecule has 1 aromatic heterocycles. The van der Waals surface area contributed by atoms with Crippen LogP contribution in [0.25, 0.3) is 17.2 Å². The maximum Gasteiger partial charge on any atom is 0.407 e. The molecule has 1 aromatic carbocycles. The van der Waals surface area contributed by atoms with Gasteiger partial charge in [0.15, 0.2) is 0 Å². The zero-order chi connectivity index (χ0) is 26.2. The van der Waals surface area contributed by atoms with Crippen molar-refractivity contribution in [3.8, 4) is 11.1 Å². The molecule has 2 aromatic rings. The summed E-state index contributed by atoms with van der Waals surface area (Å²) in [6.07, 6.45) is 8.26. The Hall–Kier alpha value is -3.26. The third-order valence-electron chi connectivity index (χ3n) is 8.35. The maximum atomic E-state index is 13.6. The number of rotatable bonds is 5. The molecule has 0 spiro atoms. The van der Waals surface area contributed by atoms with Gasteiger partial charge >= 0.3 is 12.1 Å². The van der Waals surface area contributed by atoms with E-state index in [2.05, 4.69) is 16.4 Å². The normalized spacial score (nSPS) is 32.9. The van der Waals surface area contributed by atoms with Crippen LogP contribution < -0.4 is 11.1 Å². The first kappa shape index (κ1) is 25.4. The first-order valence-electron chi connectivity index (χ1n) is 13.1. The molecular weight excluding hydrogens is 473 g/mol. The summed E-state index contributed by atoms with van der Waals surface area (Å²) >= 11 is 0. The van der Waals surface area contributed by atoms with E-state index in [1.54, 1.807) is 19.2 Å². The Kier molecular flexibility index (Phi) is 7.03. The molecule has 196 valence electrons. The minimum atomic E-state index is -1.05. The van der Waals surface area contributed by atoms with Crippen molar-refractivity contribution < 1.29 is 23.5 Å². The van der Waals surface area contributed by atoms with Gasteiger partial charge in [-0.1, -0.05) is 24.3 Å². The minimum absolute atomic E-state index is 0.00281. The Morgan fingerprint density at radius 2 is 2.14 bits per heavy atom. The number of fused-ring (bicyclic) bond motifs is 2. The molecule has 8 heteroatoms. The summed E-state index contributed by atoms with van der Waals surface area (Å²) < 4.78 is 24.3. The topological polar surface area (TPSA) is 104 Å². The van der Waals surface area contributed by atoms with Gasteiger partial charge in [-0.15, -0.1) is 0 Å². The highest BCUT2D eigenvalue weighted by molar-refractivity contribution is 5.84. The van der Waals surface area contributed by atoms with Gasteiger partial charge in [-0.25, -0.2) is 9.18 Å². The molecule has 1 saturated heterocycles. The Morgan fingerprint density at radius 3 is 2.86 bits per heavy atom. The van der Waals surface area contributed by atoms with E-state index in [-0.39, 0.29) is 41.7 Å². The number of esters is 1. The van der Waals surface area contributed by atoms with Gasteiger partial charge in [0.2, 0.25) is 0 Å². The fraction of sp³-hybridized carbons (Fsp3) is 0.483. The molecule has 7 nitrogen and oxygen atoms in total. The number of nitrogens with one attached hydrogen (secondary N) is 1. The predicted molar refractivity (Wildman–Crippen MR) is 138 cm³/mol. The standard InChI is InChI=1S/C29H34FN3O4/c1-3-36-28(35)33-23-10-11-24-20(14-23)15-29(31)26(17(2)37-27(29)34)25(24)12-9-22-8-7-19(16-32-22)18-5-4-6-21(30)13-18/h4-9,12-13,16-17,20,23-26H,3,10-11,14-15,31H2,1-2H3,(H,33,35)/t17-,20+,23?,24-,25+,26+,29+/m1/s1. The van der Waals surface area contributed by atoms with Crippen molar-refractivity contribution in [2.24, 2.45) is 29.4 Å². The number of cyclic esters (lactones) is 1. The first-order valence-corrected chi connectivity index (χ1v) is 13.1. The van der Waals surface area contributed by atoms with Gasteiger partial charge in [0.05, 0.1) is 12.3 Å². The number of pyridine rings is 1. The van der Waals surface area contributed by atoms with E-state index in [4.69, 9.17) is 15.2 Å². The molecule has 3 aliphatic rings. The molecule has 7 atom stereocenters. The van der Waals surface area contributed by atoms with Crippen molar-refractivity contribution in [2.45, 2.75) is 57.2 Å². The van der Waals surface area contributed by atoms with E-state index in [1.807, 2.05) is 31.2 Å². The Morgan fingerprint density at radius 1 is 1.30 bits per heavy atom. The molecule has 0 bridgehead atoms. The molecule has 1 amide bonds. The van der Waals surface area contributed by atoms with Gasteiger partial charge in [-0.05, 0) is 87.1 Å². The highest BCUT2D eigenvalue weighted by atomic mass is 19.1. The van der Waals surface area contributed by atoms with E-state index >= 15 is 0 Å². The zero-order valence-corrected chi connectivity index (χ0v) is 21.2. The number of allylic oxidation sites excluding steroid dienone is 1. The maximum absolute atomic E-state index is 13.6. The van der Waals surface area contributed by atoms with Gasteiger partial charge in [0.1, 0.15) is 17.5 Å². The lowest BCUT2D eigenvalue weighted by Crippen LogP contribution is -2.61. The number of nitrogens with zero attached hydrogens (tertiary/aromatic N) is 1. The van der Waals surface area contributed by atoms with Crippen molar-refractivity contribution in [1.29, 1.82) is 0 Å². The number of alkyl carbamates (subject to hydrolysis) is 1. The van der Waals surface area contributed by atoms with Crippen LogP contribution in [-0.2, 0) is 14.3 Å². The lowest BCUT2D eigenvalue weighted by molar-refractivity contribution is -0.145. The van der Waals surface area contributed by atoms with Gasteiger partial charge in [0, 0.05) is 23.7 Å². The summed E-state index contributed by atoms with van der Waals surface area (Å²) in [5, 5.41) is 2.97. The summed E-state index contributed by atoms with van der Waals surface area (Å²) in [7, 11) is 0.